The molecule has 20 heavy (non-hydrogen) atoms. The second kappa shape index (κ2) is 3.71. The highest BCUT2D eigenvalue weighted by Crippen LogP contribution is 2.44. The molecule has 0 aliphatic heterocycles. The fourth-order valence-corrected chi connectivity index (χ4v) is 4.39. The molecule has 0 N–H and O–H groups in total. The van der Waals surface area contributed by atoms with Crippen LogP contribution in [0.1, 0.15) is 11.1 Å². The monoisotopic (exact) mass is 272 g/mol. The van der Waals surface area contributed by atoms with Crippen molar-refractivity contribution in [1.82, 2.24) is 0 Å². The van der Waals surface area contributed by atoms with Crippen LogP contribution in [0.4, 0.5) is 0 Å². The van der Waals surface area contributed by atoms with Crippen molar-refractivity contribution in [1.29, 1.82) is 0 Å². The van der Waals surface area contributed by atoms with E-state index in [9.17, 15) is 0 Å². The zero-order chi connectivity index (χ0) is 13.1. The van der Waals surface area contributed by atoms with Crippen LogP contribution >= 0.6 is 11.3 Å². The predicted molar refractivity (Wildman–Crippen MR) is 87.6 cm³/mol. The van der Waals surface area contributed by atoms with Gasteiger partial charge in [-0.05, 0) is 62.7 Å². The summed E-state index contributed by atoms with van der Waals surface area (Å²) in [5.74, 6) is 0. The molecule has 0 saturated heterocycles. The first-order chi connectivity index (χ1) is 9.90. The molecule has 0 bridgehead atoms. The summed E-state index contributed by atoms with van der Waals surface area (Å²) in [5, 5.41) is 7.63. The van der Waals surface area contributed by atoms with Crippen LogP contribution in [0, 0.1) is 0 Å². The summed E-state index contributed by atoms with van der Waals surface area (Å²) >= 11 is 1.87. The van der Waals surface area contributed by atoms with Gasteiger partial charge < -0.3 is 0 Å². The molecule has 4 aromatic rings. The van der Waals surface area contributed by atoms with E-state index in [1.165, 1.54) is 43.1 Å². The normalized spacial score (nSPS) is 12.8. The van der Waals surface area contributed by atoms with Crippen molar-refractivity contribution in [2.75, 3.05) is 0 Å². The summed E-state index contributed by atoms with van der Waals surface area (Å²) < 4.78 is 0. The minimum atomic E-state index is 1.09. The minimum Gasteiger partial charge on any atom is -0.143 e. The quantitative estimate of drug-likeness (QED) is 0.321. The molecule has 94 valence electrons. The topological polar surface area (TPSA) is 0 Å². The molecule has 1 aliphatic rings. The molecule has 1 heteroatoms. The lowest BCUT2D eigenvalue weighted by Gasteiger charge is -2.08. The smallest absolute Gasteiger partial charge is 0.0387 e. The number of thiophene rings is 1. The SMILES string of the molecule is c1ccc2cc3c4c(ccc3cc2c1)Cc1ccsc1-4. The lowest BCUT2D eigenvalue weighted by atomic mass is 9.97. The van der Waals surface area contributed by atoms with Crippen LogP contribution in [0.2, 0.25) is 0 Å². The van der Waals surface area contributed by atoms with Crippen molar-refractivity contribution < 1.29 is 0 Å². The number of hydrogen-bond acceptors (Lipinski definition) is 1. The van der Waals surface area contributed by atoms with Crippen molar-refractivity contribution in [3.8, 4) is 10.4 Å². The number of hydrogen-bond donors (Lipinski definition) is 0. The van der Waals surface area contributed by atoms with Gasteiger partial charge in [0.05, 0.1) is 0 Å². The number of benzene rings is 3. The Bertz CT molecular complexity index is 976. The lowest BCUT2D eigenvalue weighted by Crippen LogP contribution is -1.83. The van der Waals surface area contributed by atoms with Gasteiger partial charge in [-0.1, -0.05) is 36.4 Å². The van der Waals surface area contributed by atoms with Crippen LogP contribution in [0.25, 0.3) is 32.0 Å². The summed E-state index contributed by atoms with van der Waals surface area (Å²) in [6, 6.07) is 20.2. The van der Waals surface area contributed by atoms with Gasteiger partial charge in [0.1, 0.15) is 0 Å². The fourth-order valence-electron chi connectivity index (χ4n) is 3.37. The van der Waals surface area contributed by atoms with Crippen LogP contribution in [-0.4, -0.2) is 0 Å². The van der Waals surface area contributed by atoms with Gasteiger partial charge in [0.2, 0.25) is 0 Å². The Balaban J connectivity index is 1.97. The maximum absolute atomic E-state index is 2.36. The van der Waals surface area contributed by atoms with E-state index >= 15 is 0 Å². The first kappa shape index (κ1) is 10.6. The summed E-state index contributed by atoms with van der Waals surface area (Å²) in [7, 11) is 0. The Kier molecular flexibility index (Phi) is 1.97. The van der Waals surface area contributed by atoms with E-state index in [0.717, 1.165) is 6.42 Å². The molecular formula is C19H12S. The zero-order valence-electron chi connectivity index (χ0n) is 10.9. The van der Waals surface area contributed by atoms with Crippen LogP contribution in [0.5, 0.6) is 0 Å². The van der Waals surface area contributed by atoms with Crippen LogP contribution < -0.4 is 0 Å². The highest BCUT2D eigenvalue weighted by atomic mass is 32.1. The van der Waals surface area contributed by atoms with Gasteiger partial charge >= 0.3 is 0 Å². The molecular weight excluding hydrogens is 260 g/mol. The molecule has 0 nitrogen and oxygen atoms in total. The maximum Gasteiger partial charge on any atom is 0.0387 e. The van der Waals surface area contributed by atoms with Gasteiger partial charge in [-0.15, -0.1) is 11.3 Å². The van der Waals surface area contributed by atoms with Crippen molar-refractivity contribution in [3.05, 3.63) is 71.1 Å². The first-order valence-corrected chi connectivity index (χ1v) is 7.79. The molecule has 0 fully saturated rings. The van der Waals surface area contributed by atoms with E-state index in [4.69, 9.17) is 0 Å². The summed E-state index contributed by atoms with van der Waals surface area (Å²) in [6.45, 7) is 0. The van der Waals surface area contributed by atoms with Gasteiger partial charge in [-0.2, -0.15) is 0 Å². The Morgan fingerprint density at radius 1 is 0.750 bits per heavy atom. The van der Waals surface area contributed by atoms with Crippen LogP contribution in [0.15, 0.2) is 60.0 Å². The lowest BCUT2D eigenvalue weighted by molar-refractivity contribution is 1.28. The van der Waals surface area contributed by atoms with Gasteiger partial charge in [-0.3, -0.25) is 0 Å². The molecule has 1 heterocycles. The summed E-state index contributed by atoms with van der Waals surface area (Å²) in [4.78, 5) is 1.47. The standard InChI is InChI=1S/C19H12S/c1-2-4-13-11-17-14(9-12(13)3-1)5-6-15-10-16-7-8-20-19(16)18(15)17/h1-9,11H,10H2. The molecule has 0 spiro atoms. The predicted octanol–water partition coefficient (Wildman–Crippen LogP) is 5.63. The molecule has 0 atom stereocenters. The molecule has 0 unspecified atom stereocenters. The molecule has 3 aromatic carbocycles. The van der Waals surface area contributed by atoms with Crippen molar-refractivity contribution in [2.24, 2.45) is 0 Å². The molecule has 1 aromatic heterocycles. The van der Waals surface area contributed by atoms with E-state index < -0.39 is 0 Å². The summed E-state index contributed by atoms with van der Waals surface area (Å²) in [5.41, 5.74) is 4.44. The van der Waals surface area contributed by atoms with E-state index in [1.807, 2.05) is 11.3 Å². The Hall–Kier alpha value is -2.12. The van der Waals surface area contributed by atoms with E-state index in [1.54, 1.807) is 0 Å². The minimum absolute atomic E-state index is 1.09. The molecule has 0 saturated carbocycles. The van der Waals surface area contributed by atoms with Crippen molar-refractivity contribution >= 4 is 32.9 Å². The Morgan fingerprint density at radius 2 is 1.60 bits per heavy atom. The second-order valence-electron chi connectivity index (χ2n) is 5.47. The maximum atomic E-state index is 2.36. The third-order valence-electron chi connectivity index (χ3n) is 4.33. The third-order valence-corrected chi connectivity index (χ3v) is 5.30. The fraction of sp³-hybridized carbons (Fsp3) is 0.0526. The Morgan fingerprint density at radius 3 is 2.50 bits per heavy atom. The zero-order valence-corrected chi connectivity index (χ0v) is 11.7. The first-order valence-electron chi connectivity index (χ1n) is 6.91. The van der Waals surface area contributed by atoms with Gasteiger partial charge in [0.15, 0.2) is 0 Å². The van der Waals surface area contributed by atoms with Crippen molar-refractivity contribution in [2.45, 2.75) is 6.42 Å². The van der Waals surface area contributed by atoms with E-state index in [2.05, 4.69) is 60.0 Å². The largest absolute Gasteiger partial charge is 0.143 e. The second-order valence-corrected chi connectivity index (χ2v) is 6.39. The molecule has 5 rings (SSSR count). The number of fused-ring (bicyclic) bond motifs is 6. The van der Waals surface area contributed by atoms with Crippen molar-refractivity contribution in [3.63, 3.8) is 0 Å². The average molecular weight is 272 g/mol. The van der Waals surface area contributed by atoms with Gasteiger partial charge in [0.25, 0.3) is 0 Å². The van der Waals surface area contributed by atoms with Gasteiger partial charge in [-0.25, -0.2) is 0 Å². The molecule has 1 aliphatic carbocycles. The third kappa shape index (κ3) is 1.31. The van der Waals surface area contributed by atoms with E-state index in [-0.39, 0.29) is 0 Å². The van der Waals surface area contributed by atoms with E-state index in [0.29, 0.717) is 0 Å². The summed E-state index contributed by atoms with van der Waals surface area (Å²) in [6.07, 6.45) is 1.09. The Labute approximate surface area is 121 Å². The molecule has 0 amide bonds. The van der Waals surface area contributed by atoms with Crippen LogP contribution in [0.3, 0.4) is 0 Å². The highest BCUT2D eigenvalue weighted by molar-refractivity contribution is 7.14. The highest BCUT2D eigenvalue weighted by Gasteiger charge is 2.21. The number of rotatable bonds is 0. The average Bonchev–Trinajstić information content (AvgIpc) is 3.05. The van der Waals surface area contributed by atoms with Crippen LogP contribution in [-0.2, 0) is 6.42 Å². The molecule has 0 radical (unpaired) electrons. The van der Waals surface area contributed by atoms with Gasteiger partial charge in [0, 0.05) is 10.4 Å².